The van der Waals surface area contributed by atoms with E-state index in [2.05, 4.69) is 4.74 Å². The fraction of sp³-hybridized carbons (Fsp3) is 0.727. The number of likely N-dealkylation sites (N-methyl/N-ethyl adjacent to an activating group) is 1. The third-order valence-corrected chi connectivity index (χ3v) is 3.38. The number of carboxylic acids is 1. The van der Waals surface area contributed by atoms with Crippen molar-refractivity contribution in [2.75, 3.05) is 40.0 Å². The van der Waals surface area contributed by atoms with Crippen molar-refractivity contribution in [3.05, 3.63) is 0 Å². The summed E-state index contributed by atoms with van der Waals surface area (Å²) in [5.74, 6) is -1.98. The maximum atomic E-state index is 11.9. The number of hydrogen-bond acceptors (Lipinski definition) is 6. The largest absolute Gasteiger partial charge is 0.481 e. The molecule has 2 fully saturated rings. The third-order valence-electron chi connectivity index (χ3n) is 3.38. The van der Waals surface area contributed by atoms with Crippen LogP contribution in [0.25, 0.3) is 0 Å². The lowest BCUT2D eigenvalue weighted by molar-refractivity contribution is -0.143. The average Bonchev–Trinajstić information content (AvgIpc) is 2.96. The zero-order valence-electron chi connectivity index (χ0n) is 10.6. The van der Waals surface area contributed by atoms with Crippen molar-refractivity contribution < 1.29 is 29.0 Å². The summed E-state index contributed by atoms with van der Waals surface area (Å²) in [6.07, 6.45) is -0.643. The highest BCUT2D eigenvalue weighted by Crippen LogP contribution is 2.19. The summed E-state index contributed by atoms with van der Waals surface area (Å²) < 4.78 is 9.82. The van der Waals surface area contributed by atoms with Crippen LogP contribution in [0.2, 0.25) is 0 Å². The van der Waals surface area contributed by atoms with Gasteiger partial charge in [-0.05, 0) is 7.05 Å². The summed E-state index contributed by atoms with van der Waals surface area (Å²) in [5, 5.41) is 9.04. The van der Waals surface area contributed by atoms with E-state index in [1.165, 1.54) is 0 Å². The second-order valence-electron chi connectivity index (χ2n) is 4.62. The minimum atomic E-state index is -0.942. The molecule has 0 aromatic carbocycles. The first kappa shape index (κ1) is 13.8. The summed E-state index contributed by atoms with van der Waals surface area (Å²) in [6.45, 7) is 0.829. The molecule has 2 aliphatic heterocycles. The summed E-state index contributed by atoms with van der Waals surface area (Å²) >= 11 is 0. The van der Waals surface area contributed by atoms with Crippen LogP contribution in [0.15, 0.2) is 0 Å². The van der Waals surface area contributed by atoms with E-state index in [1.807, 2.05) is 0 Å². The molecular weight excluding hydrogens is 256 g/mol. The van der Waals surface area contributed by atoms with Gasteiger partial charge in [0.25, 0.3) is 0 Å². The van der Waals surface area contributed by atoms with Gasteiger partial charge in [-0.2, -0.15) is 0 Å². The zero-order valence-corrected chi connectivity index (χ0v) is 10.6. The number of hydrogen-bond donors (Lipinski definition) is 1. The highest BCUT2D eigenvalue weighted by molar-refractivity contribution is 5.94. The van der Waals surface area contributed by atoms with Crippen molar-refractivity contribution in [2.24, 2.45) is 5.92 Å². The van der Waals surface area contributed by atoms with Gasteiger partial charge in [-0.1, -0.05) is 0 Å². The molecule has 2 rings (SSSR count). The normalized spacial score (nSPS) is 26.8. The van der Waals surface area contributed by atoms with Crippen LogP contribution in [0, 0.1) is 5.92 Å². The minimum Gasteiger partial charge on any atom is -0.481 e. The molecular formula is C11H16N2O6. The van der Waals surface area contributed by atoms with Crippen molar-refractivity contribution >= 4 is 18.0 Å². The van der Waals surface area contributed by atoms with Gasteiger partial charge in [-0.15, -0.1) is 0 Å². The monoisotopic (exact) mass is 272 g/mol. The van der Waals surface area contributed by atoms with E-state index in [1.54, 1.807) is 11.9 Å². The summed E-state index contributed by atoms with van der Waals surface area (Å²) in [7, 11) is 1.65. The molecule has 2 unspecified atom stereocenters. The second kappa shape index (κ2) is 5.54. The Labute approximate surface area is 109 Å². The van der Waals surface area contributed by atoms with Gasteiger partial charge in [0.15, 0.2) is 0 Å². The van der Waals surface area contributed by atoms with Crippen molar-refractivity contribution in [1.29, 1.82) is 0 Å². The first-order chi connectivity index (χ1) is 9.00. The fourth-order valence-electron chi connectivity index (χ4n) is 2.25. The number of cyclic esters (lactones) is 1. The maximum absolute atomic E-state index is 11.9. The molecule has 2 saturated heterocycles. The first-order valence-electron chi connectivity index (χ1n) is 5.98. The topological polar surface area (TPSA) is 96.4 Å². The standard InChI is InChI=1S/C11H16N2O6/c1-12(8-6-18-5-7(8)10(15)16)4-9(14)13-2-3-19-11(13)17/h7-8H,2-6H2,1H3,(H,15,16). The van der Waals surface area contributed by atoms with Gasteiger partial charge in [-0.3, -0.25) is 14.5 Å². The Morgan fingerprint density at radius 2 is 2.21 bits per heavy atom. The smallest absolute Gasteiger partial charge is 0.416 e. The van der Waals surface area contributed by atoms with Gasteiger partial charge in [0.05, 0.1) is 32.2 Å². The van der Waals surface area contributed by atoms with Crippen LogP contribution >= 0.6 is 0 Å². The maximum Gasteiger partial charge on any atom is 0.416 e. The molecule has 2 amide bonds. The van der Waals surface area contributed by atoms with Gasteiger partial charge in [0, 0.05) is 6.04 Å². The van der Waals surface area contributed by atoms with E-state index in [-0.39, 0.29) is 44.9 Å². The Hall–Kier alpha value is -1.67. The summed E-state index contributed by atoms with van der Waals surface area (Å²) in [6, 6.07) is -0.361. The van der Waals surface area contributed by atoms with Crippen LogP contribution in [0.1, 0.15) is 0 Å². The lowest BCUT2D eigenvalue weighted by Gasteiger charge is -2.26. The number of imide groups is 1. The van der Waals surface area contributed by atoms with Crippen LogP contribution in [0.5, 0.6) is 0 Å². The molecule has 106 valence electrons. The molecule has 0 saturated carbocycles. The molecule has 2 atom stereocenters. The van der Waals surface area contributed by atoms with Gasteiger partial charge in [-0.25, -0.2) is 9.69 Å². The zero-order chi connectivity index (χ0) is 14.0. The number of amides is 2. The van der Waals surface area contributed by atoms with Crippen LogP contribution in [0.4, 0.5) is 4.79 Å². The van der Waals surface area contributed by atoms with E-state index in [4.69, 9.17) is 9.84 Å². The highest BCUT2D eigenvalue weighted by atomic mass is 16.6. The molecule has 1 N–H and O–H groups in total. The predicted octanol–water partition coefficient (Wildman–Crippen LogP) is -1.00. The third kappa shape index (κ3) is 2.85. The number of aliphatic carboxylic acids is 1. The predicted molar refractivity (Wildman–Crippen MR) is 61.4 cm³/mol. The van der Waals surface area contributed by atoms with Crippen LogP contribution < -0.4 is 0 Å². The number of rotatable bonds is 4. The minimum absolute atomic E-state index is 0.0348. The average molecular weight is 272 g/mol. The van der Waals surface area contributed by atoms with Gasteiger partial charge < -0.3 is 14.6 Å². The Morgan fingerprint density at radius 1 is 1.47 bits per heavy atom. The highest BCUT2D eigenvalue weighted by Gasteiger charge is 2.38. The van der Waals surface area contributed by atoms with Gasteiger partial charge in [0.2, 0.25) is 5.91 Å². The van der Waals surface area contributed by atoms with E-state index < -0.39 is 18.0 Å². The molecule has 8 nitrogen and oxygen atoms in total. The van der Waals surface area contributed by atoms with E-state index in [0.717, 1.165) is 4.90 Å². The van der Waals surface area contributed by atoms with Crippen molar-refractivity contribution in [2.45, 2.75) is 6.04 Å². The van der Waals surface area contributed by atoms with E-state index >= 15 is 0 Å². The fourth-order valence-corrected chi connectivity index (χ4v) is 2.25. The first-order valence-corrected chi connectivity index (χ1v) is 5.98. The molecule has 8 heteroatoms. The molecule has 19 heavy (non-hydrogen) atoms. The molecule has 0 aliphatic carbocycles. The quantitative estimate of drug-likeness (QED) is 0.700. The second-order valence-corrected chi connectivity index (χ2v) is 4.62. The van der Waals surface area contributed by atoms with Crippen LogP contribution in [-0.4, -0.2) is 78.9 Å². The van der Waals surface area contributed by atoms with Crippen molar-refractivity contribution in [1.82, 2.24) is 9.80 Å². The molecule has 0 spiro atoms. The molecule has 0 bridgehead atoms. The van der Waals surface area contributed by atoms with Gasteiger partial charge >= 0.3 is 12.1 Å². The Balaban J connectivity index is 1.93. The Morgan fingerprint density at radius 3 is 2.79 bits per heavy atom. The Bertz CT molecular complexity index is 399. The number of nitrogens with zero attached hydrogens (tertiary/aromatic N) is 2. The number of carbonyl (C=O) groups excluding carboxylic acids is 2. The van der Waals surface area contributed by atoms with Gasteiger partial charge in [0.1, 0.15) is 6.61 Å². The Kier molecular flexibility index (Phi) is 4.01. The van der Waals surface area contributed by atoms with Crippen molar-refractivity contribution in [3.8, 4) is 0 Å². The van der Waals surface area contributed by atoms with E-state index in [9.17, 15) is 14.4 Å². The molecule has 0 aromatic rings. The molecule has 2 aliphatic rings. The SMILES string of the molecule is CN(CC(=O)N1CCOC1=O)C1COCC1C(=O)O. The number of ether oxygens (including phenoxy) is 2. The summed E-state index contributed by atoms with van der Waals surface area (Å²) in [5.41, 5.74) is 0. The molecule has 2 heterocycles. The molecule has 0 radical (unpaired) electrons. The lowest BCUT2D eigenvalue weighted by Crippen LogP contribution is -2.47. The van der Waals surface area contributed by atoms with Crippen LogP contribution in [0.3, 0.4) is 0 Å². The summed E-state index contributed by atoms with van der Waals surface area (Å²) in [4.78, 5) is 36.8. The molecule has 0 aromatic heterocycles. The van der Waals surface area contributed by atoms with E-state index in [0.29, 0.717) is 0 Å². The van der Waals surface area contributed by atoms with Crippen molar-refractivity contribution in [3.63, 3.8) is 0 Å². The lowest BCUT2D eigenvalue weighted by atomic mass is 10.0. The number of carboxylic acid groups (broad SMARTS) is 1. The number of carbonyl (C=O) groups is 3. The van der Waals surface area contributed by atoms with Crippen LogP contribution in [-0.2, 0) is 19.1 Å².